The van der Waals surface area contributed by atoms with Crippen LogP contribution in [0.15, 0.2) is 59.1 Å². The summed E-state index contributed by atoms with van der Waals surface area (Å²) in [7, 11) is 0. The van der Waals surface area contributed by atoms with Crippen molar-refractivity contribution < 1.29 is 9.59 Å². The van der Waals surface area contributed by atoms with Crippen LogP contribution in [0.1, 0.15) is 34.0 Å². The zero-order chi connectivity index (χ0) is 18.3. The van der Waals surface area contributed by atoms with Gasteiger partial charge in [-0.2, -0.15) is 5.10 Å². The lowest BCUT2D eigenvalue weighted by Crippen LogP contribution is -2.28. The average Bonchev–Trinajstić information content (AvgIpc) is 2.98. The molecule has 3 aromatic rings. The van der Waals surface area contributed by atoms with Crippen LogP contribution in [0.5, 0.6) is 0 Å². The minimum atomic E-state index is -0.523. The van der Waals surface area contributed by atoms with Crippen LogP contribution in [0.4, 0.5) is 5.82 Å². The molecule has 0 saturated carbocycles. The van der Waals surface area contributed by atoms with Gasteiger partial charge >= 0.3 is 0 Å². The van der Waals surface area contributed by atoms with E-state index < -0.39 is 5.92 Å². The Morgan fingerprint density at radius 1 is 1.15 bits per heavy atom. The molecule has 1 N–H and O–H groups in total. The topological polar surface area (TPSA) is 64.0 Å². The van der Waals surface area contributed by atoms with Crippen molar-refractivity contribution >= 4 is 33.4 Å². The second-order valence-corrected chi connectivity index (χ2v) is 7.19. The fraction of sp³-hybridized carbons (Fsp3) is 0.150. The number of halogens is 1. The first-order valence-electron chi connectivity index (χ1n) is 8.29. The van der Waals surface area contributed by atoms with Crippen LogP contribution >= 0.6 is 15.9 Å². The molecule has 6 heteroatoms. The molecule has 0 radical (unpaired) electrons. The third kappa shape index (κ3) is 2.86. The third-order valence-corrected chi connectivity index (χ3v) is 5.08. The molecule has 1 aliphatic rings. The molecule has 26 heavy (non-hydrogen) atoms. The van der Waals surface area contributed by atoms with Gasteiger partial charge in [0.2, 0.25) is 5.91 Å². The van der Waals surface area contributed by atoms with Crippen molar-refractivity contribution in [1.82, 2.24) is 9.78 Å². The summed E-state index contributed by atoms with van der Waals surface area (Å²) in [5, 5.41) is 7.48. The summed E-state index contributed by atoms with van der Waals surface area (Å²) in [4.78, 5) is 25.3. The number of anilines is 1. The van der Waals surface area contributed by atoms with Gasteiger partial charge in [-0.25, -0.2) is 4.68 Å². The number of carbonyl (C=O) groups excluding carboxylic acids is 2. The summed E-state index contributed by atoms with van der Waals surface area (Å²) in [6.45, 7) is 1.87. The van der Waals surface area contributed by atoms with Gasteiger partial charge in [0.05, 0.1) is 17.3 Å². The maximum Gasteiger partial charge on any atom is 0.226 e. The number of hydrogen-bond donors (Lipinski definition) is 1. The third-order valence-electron chi connectivity index (χ3n) is 4.55. The Balaban J connectivity index is 1.82. The Hall–Kier alpha value is -2.73. The van der Waals surface area contributed by atoms with Gasteiger partial charge in [-0.1, -0.05) is 46.3 Å². The van der Waals surface area contributed by atoms with Crippen molar-refractivity contribution in [3.8, 4) is 5.69 Å². The molecule has 5 nitrogen and oxygen atoms in total. The molecular formula is C20H16BrN3O2. The Labute approximate surface area is 159 Å². The maximum atomic E-state index is 13.0. The Morgan fingerprint density at radius 3 is 2.54 bits per heavy atom. The van der Waals surface area contributed by atoms with Crippen LogP contribution in [0.25, 0.3) is 5.69 Å². The molecule has 1 aromatic heterocycles. The van der Waals surface area contributed by atoms with Crippen LogP contribution in [-0.2, 0) is 4.79 Å². The minimum absolute atomic E-state index is 0.0554. The summed E-state index contributed by atoms with van der Waals surface area (Å²) < 4.78 is 2.65. The lowest BCUT2D eigenvalue weighted by Gasteiger charge is -2.23. The van der Waals surface area contributed by atoms with Crippen LogP contribution < -0.4 is 5.32 Å². The number of carbonyl (C=O) groups is 2. The number of aromatic nitrogens is 2. The number of rotatable bonds is 3. The normalized spacial score (nSPS) is 16.1. The van der Waals surface area contributed by atoms with E-state index in [0.29, 0.717) is 11.4 Å². The lowest BCUT2D eigenvalue weighted by atomic mass is 9.85. The second kappa shape index (κ2) is 6.53. The van der Waals surface area contributed by atoms with E-state index in [-0.39, 0.29) is 18.1 Å². The van der Waals surface area contributed by atoms with E-state index in [1.54, 1.807) is 16.8 Å². The van der Waals surface area contributed by atoms with E-state index in [2.05, 4.69) is 26.3 Å². The van der Waals surface area contributed by atoms with Crippen LogP contribution in [0, 0.1) is 6.92 Å². The number of benzene rings is 2. The molecule has 2 heterocycles. The number of aryl methyl sites for hydroxylation is 1. The number of ketones is 1. The van der Waals surface area contributed by atoms with Crippen LogP contribution in [-0.4, -0.2) is 21.5 Å². The van der Waals surface area contributed by atoms with Crippen molar-refractivity contribution in [3.63, 3.8) is 0 Å². The monoisotopic (exact) mass is 409 g/mol. The molecule has 0 saturated heterocycles. The first-order chi connectivity index (χ1) is 12.5. The molecular weight excluding hydrogens is 394 g/mol. The summed E-state index contributed by atoms with van der Waals surface area (Å²) in [5.74, 6) is -0.175. The average molecular weight is 410 g/mol. The van der Waals surface area contributed by atoms with Gasteiger partial charge in [0.1, 0.15) is 5.82 Å². The van der Waals surface area contributed by atoms with Gasteiger partial charge in [-0.15, -0.1) is 0 Å². The molecule has 0 fully saturated rings. The Bertz CT molecular complexity index is 994. The van der Waals surface area contributed by atoms with Crippen molar-refractivity contribution in [2.75, 3.05) is 5.32 Å². The van der Waals surface area contributed by atoms with Gasteiger partial charge in [0.15, 0.2) is 5.78 Å². The molecule has 0 spiro atoms. The fourth-order valence-electron chi connectivity index (χ4n) is 3.34. The highest BCUT2D eigenvalue weighted by atomic mass is 79.9. The summed E-state index contributed by atoms with van der Waals surface area (Å²) in [5.41, 5.74) is 2.97. The van der Waals surface area contributed by atoms with Crippen LogP contribution in [0.2, 0.25) is 0 Å². The number of fused-ring (bicyclic) bond motifs is 1. The highest BCUT2D eigenvalue weighted by Gasteiger charge is 2.36. The molecule has 1 aliphatic heterocycles. The first kappa shape index (κ1) is 16.7. The maximum absolute atomic E-state index is 13.0. The predicted molar refractivity (Wildman–Crippen MR) is 103 cm³/mol. The summed E-state index contributed by atoms with van der Waals surface area (Å²) in [6.07, 6.45) is 0.133. The van der Waals surface area contributed by atoms with Gasteiger partial charge in [-0.05, 0) is 31.2 Å². The smallest absolute Gasteiger partial charge is 0.226 e. The van der Waals surface area contributed by atoms with Gasteiger partial charge in [0.25, 0.3) is 0 Å². The van der Waals surface area contributed by atoms with Crippen molar-refractivity contribution in [2.45, 2.75) is 19.3 Å². The van der Waals surface area contributed by atoms with Crippen molar-refractivity contribution in [3.05, 3.63) is 75.9 Å². The van der Waals surface area contributed by atoms with Crippen LogP contribution in [0.3, 0.4) is 0 Å². The quantitative estimate of drug-likeness (QED) is 0.657. The number of nitrogens with zero attached hydrogens (tertiary/aromatic N) is 2. The highest BCUT2D eigenvalue weighted by molar-refractivity contribution is 9.10. The van der Waals surface area contributed by atoms with E-state index >= 15 is 0 Å². The van der Waals surface area contributed by atoms with Crippen molar-refractivity contribution in [1.29, 1.82) is 0 Å². The number of nitrogens with one attached hydrogen (secondary N) is 1. The van der Waals surface area contributed by atoms with Gasteiger partial charge in [-0.3, -0.25) is 9.59 Å². The molecule has 130 valence electrons. The molecule has 0 bridgehead atoms. The predicted octanol–water partition coefficient (Wildman–Crippen LogP) is 4.25. The highest BCUT2D eigenvalue weighted by Crippen LogP contribution is 2.38. The van der Waals surface area contributed by atoms with E-state index in [4.69, 9.17) is 0 Å². The molecule has 4 rings (SSSR count). The summed E-state index contributed by atoms with van der Waals surface area (Å²) >= 11 is 3.42. The fourth-order valence-corrected chi connectivity index (χ4v) is 3.61. The molecule has 1 amide bonds. The number of Topliss-reactive ketones (excluding diaryl/α,β-unsaturated/α-hetero) is 1. The first-order valence-corrected chi connectivity index (χ1v) is 9.08. The van der Waals surface area contributed by atoms with E-state index in [1.807, 2.05) is 49.4 Å². The molecule has 0 aliphatic carbocycles. The molecule has 1 atom stereocenters. The van der Waals surface area contributed by atoms with E-state index in [9.17, 15) is 9.59 Å². The van der Waals surface area contributed by atoms with E-state index in [1.165, 1.54) is 0 Å². The largest absolute Gasteiger partial charge is 0.310 e. The molecule has 2 aromatic carbocycles. The second-order valence-electron chi connectivity index (χ2n) is 6.27. The van der Waals surface area contributed by atoms with Crippen molar-refractivity contribution in [2.24, 2.45) is 0 Å². The van der Waals surface area contributed by atoms with E-state index in [0.717, 1.165) is 21.4 Å². The van der Waals surface area contributed by atoms with Gasteiger partial charge < -0.3 is 5.32 Å². The number of hydrogen-bond acceptors (Lipinski definition) is 3. The summed E-state index contributed by atoms with van der Waals surface area (Å²) in [6, 6.07) is 16.7. The Kier molecular flexibility index (Phi) is 4.20. The lowest BCUT2D eigenvalue weighted by molar-refractivity contribution is -0.116. The molecule has 0 unspecified atom stereocenters. The number of amides is 1. The standard InChI is InChI=1S/C20H16BrN3O2/c1-12-18-16(19(26)13-5-3-2-4-6-13)11-17(25)22-20(18)24(23-12)15-9-7-14(21)8-10-15/h2-10,16H,11H2,1H3,(H,22,25)/t16-/m0/s1. The minimum Gasteiger partial charge on any atom is -0.310 e. The van der Waals surface area contributed by atoms with Gasteiger partial charge in [0, 0.05) is 22.0 Å². The zero-order valence-corrected chi connectivity index (χ0v) is 15.7. The zero-order valence-electron chi connectivity index (χ0n) is 14.1. The Morgan fingerprint density at radius 2 is 1.85 bits per heavy atom. The SMILES string of the molecule is Cc1nn(-c2ccc(Br)cc2)c2c1[C@@H](C(=O)c1ccccc1)CC(=O)N2.